The molecule has 0 fully saturated rings. The second kappa shape index (κ2) is 8.63. The van der Waals surface area contributed by atoms with Gasteiger partial charge in [0.25, 0.3) is 0 Å². The van der Waals surface area contributed by atoms with E-state index in [1.54, 1.807) is 6.20 Å². The van der Waals surface area contributed by atoms with Gasteiger partial charge in [0.15, 0.2) is 0 Å². The van der Waals surface area contributed by atoms with Gasteiger partial charge in [-0.15, -0.1) is 11.3 Å². The topological polar surface area (TPSA) is 66.9 Å². The number of hydrogen-bond donors (Lipinski definition) is 2. The van der Waals surface area contributed by atoms with Crippen molar-refractivity contribution in [1.29, 1.82) is 0 Å². The van der Waals surface area contributed by atoms with Crippen LogP contribution in [0.4, 0.5) is 5.69 Å². The zero-order valence-corrected chi connectivity index (χ0v) is 18.3. The number of nitrogens with zero attached hydrogens (tertiary/aromatic N) is 2. The number of para-hydroxylation sites is 1. The van der Waals surface area contributed by atoms with Crippen molar-refractivity contribution >= 4 is 33.0 Å². The van der Waals surface area contributed by atoms with Crippen molar-refractivity contribution in [2.24, 2.45) is 0 Å². The highest BCUT2D eigenvalue weighted by molar-refractivity contribution is 7.20. The van der Waals surface area contributed by atoms with Gasteiger partial charge in [0.1, 0.15) is 23.3 Å². The van der Waals surface area contributed by atoms with E-state index in [1.165, 1.54) is 11.3 Å². The molecule has 1 aliphatic rings. The molecule has 158 valence electrons. The molecule has 3 heterocycles. The van der Waals surface area contributed by atoms with Crippen LogP contribution in [0.2, 0.25) is 0 Å². The molecule has 1 aromatic carbocycles. The third-order valence-corrected chi connectivity index (χ3v) is 6.46. The van der Waals surface area contributed by atoms with Crippen molar-refractivity contribution in [3.8, 4) is 5.75 Å². The summed E-state index contributed by atoms with van der Waals surface area (Å²) in [5.41, 5.74) is 3.72. The zero-order valence-electron chi connectivity index (χ0n) is 17.5. The Bertz CT molecular complexity index is 1060. The number of hydrogen-bond acceptors (Lipinski definition) is 7. The van der Waals surface area contributed by atoms with E-state index < -0.39 is 6.23 Å². The second-order valence-electron chi connectivity index (χ2n) is 7.40. The fourth-order valence-corrected chi connectivity index (χ4v) is 5.18. The molecule has 7 heteroatoms. The number of nitrogens with one attached hydrogen (secondary N) is 1. The first-order chi connectivity index (χ1) is 14.5. The Labute approximate surface area is 180 Å². The van der Waals surface area contributed by atoms with Crippen molar-refractivity contribution in [2.75, 3.05) is 32.2 Å². The first-order valence-corrected chi connectivity index (χ1v) is 10.9. The highest BCUT2D eigenvalue weighted by atomic mass is 32.1. The van der Waals surface area contributed by atoms with E-state index in [4.69, 9.17) is 9.47 Å². The summed E-state index contributed by atoms with van der Waals surface area (Å²) in [6.45, 7) is 7.17. The Morgan fingerprint density at radius 2 is 2.20 bits per heavy atom. The van der Waals surface area contributed by atoms with E-state index >= 15 is 0 Å². The molecule has 0 aliphatic carbocycles. The quantitative estimate of drug-likeness (QED) is 0.430. The van der Waals surface area contributed by atoms with Gasteiger partial charge in [0.2, 0.25) is 0 Å². The number of aliphatic hydroxyl groups excluding tert-OH is 1. The molecule has 0 saturated heterocycles. The van der Waals surface area contributed by atoms with E-state index in [2.05, 4.69) is 16.9 Å². The lowest BCUT2D eigenvalue weighted by atomic mass is 10.0. The van der Waals surface area contributed by atoms with Gasteiger partial charge in [-0.1, -0.05) is 24.8 Å². The molecular weight excluding hydrogens is 398 g/mol. The second-order valence-corrected chi connectivity index (χ2v) is 8.45. The number of fused-ring (bicyclic) bond motifs is 2. The summed E-state index contributed by atoms with van der Waals surface area (Å²) in [6, 6.07) is 9.89. The van der Waals surface area contributed by atoms with Crippen LogP contribution in [0.25, 0.3) is 16.0 Å². The van der Waals surface area contributed by atoms with Crippen LogP contribution in [0.1, 0.15) is 41.6 Å². The van der Waals surface area contributed by atoms with E-state index in [-0.39, 0.29) is 6.04 Å². The molecule has 2 N–H and O–H groups in total. The molecule has 2 aromatic heterocycles. The number of rotatable bonds is 7. The third kappa shape index (κ3) is 3.76. The number of pyridine rings is 1. The van der Waals surface area contributed by atoms with Gasteiger partial charge in [0, 0.05) is 43.9 Å². The first kappa shape index (κ1) is 20.7. The fraction of sp³-hybridized carbons (Fsp3) is 0.348. The van der Waals surface area contributed by atoms with Gasteiger partial charge >= 0.3 is 0 Å². The third-order valence-electron chi connectivity index (χ3n) is 5.21. The highest BCUT2D eigenvalue weighted by Crippen LogP contribution is 2.43. The molecule has 4 rings (SSSR count). The molecule has 6 nitrogen and oxygen atoms in total. The van der Waals surface area contributed by atoms with Crippen LogP contribution in [0.5, 0.6) is 5.75 Å². The van der Waals surface area contributed by atoms with E-state index in [0.717, 1.165) is 44.1 Å². The summed E-state index contributed by atoms with van der Waals surface area (Å²) >= 11 is 1.52. The zero-order chi connectivity index (χ0) is 21.3. The summed E-state index contributed by atoms with van der Waals surface area (Å²) in [4.78, 5) is 7.42. The van der Waals surface area contributed by atoms with Crippen LogP contribution in [0, 0.1) is 0 Å². The van der Waals surface area contributed by atoms with Gasteiger partial charge in [-0.2, -0.15) is 0 Å². The Kier molecular flexibility index (Phi) is 5.94. The monoisotopic (exact) mass is 425 g/mol. The smallest absolute Gasteiger partial charge is 0.142 e. The molecule has 1 unspecified atom stereocenters. The van der Waals surface area contributed by atoms with Gasteiger partial charge < -0.3 is 19.5 Å². The van der Waals surface area contributed by atoms with Gasteiger partial charge in [0.05, 0.1) is 28.5 Å². The van der Waals surface area contributed by atoms with Gasteiger partial charge in [-0.3, -0.25) is 10.3 Å². The van der Waals surface area contributed by atoms with E-state index in [9.17, 15) is 5.11 Å². The summed E-state index contributed by atoms with van der Waals surface area (Å²) in [5.74, 6) is 1.48. The maximum absolute atomic E-state index is 11.2. The number of benzene rings is 1. The Hall–Kier alpha value is -2.61. The summed E-state index contributed by atoms with van der Waals surface area (Å²) in [7, 11) is 3.93. The predicted octanol–water partition coefficient (Wildman–Crippen LogP) is 4.47. The van der Waals surface area contributed by atoms with Crippen LogP contribution in [0.3, 0.4) is 0 Å². The maximum atomic E-state index is 11.2. The lowest BCUT2D eigenvalue weighted by molar-refractivity contribution is 0.114. The number of aliphatic hydroxyl groups is 1. The Morgan fingerprint density at radius 3 is 2.97 bits per heavy atom. The maximum Gasteiger partial charge on any atom is 0.142 e. The van der Waals surface area contributed by atoms with Crippen molar-refractivity contribution < 1.29 is 14.6 Å². The van der Waals surface area contributed by atoms with Crippen molar-refractivity contribution in [2.45, 2.75) is 25.6 Å². The van der Waals surface area contributed by atoms with Crippen LogP contribution >= 0.6 is 11.3 Å². The molecule has 0 saturated carbocycles. The van der Waals surface area contributed by atoms with Crippen molar-refractivity contribution in [1.82, 2.24) is 10.3 Å². The molecule has 0 spiro atoms. The molecule has 0 radical (unpaired) electrons. The molecule has 1 aliphatic heterocycles. The Morgan fingerprint density at radius 1 is 1.40 bits per heavy atom. The summed E-state index contributed by atoms with van der Waals surface area (Å²) in [6.07, 6.45) is 1.71. The molecule has 0 amide bonds. The summed E-state index contributed by atoms with van der Waals surface area (Å²) < 4.78 is 12.4. The van der Waals surface area contributed by atoms with Crippen molar-refractivity contribution in [3.63, 3.8) is 0 Å². The minimum atomic E-state index is -0.842. The predicted molar refractivity (Wildman–Crippen MR) is 122 cm³/mol. The SMILES string of the molecule is C=C(OCC)c1ccnc2c(N(C)C)c(C(O)N[C@H]3CCOc4ccccc43)sc12. The summed E-state index contributed by atoms with van der Waals surface area (Å²) in [5, 5.41) is 14.6. The number of thiophene rings is 1. The van der Waals surface area contributed by atoms with Crippen LogP contribution < -0.4 is 15.0 Å². The minimum Gasteiger partial charge on any atom is -0.494 e. The van der Waals surface area contributed by atoms with E-state index in [0.29, 0.717) is 19.0 Å². The fourth-order valence-electron chi connectivity index (χ4n) is 3.87. The first-order valence-electron chi connectivity index (χ1n) is 10.1. The normalized spacial score (nSPS) is 16.6. The average Bonchev–Trinajstić information content (AvgIpc) is 3.14. The lowest BCUT2D eigenvalue weighted by Gasteiger charge is -2.29. The number of ether oxygens (including phenoxy) is 2. The molecule has 2 atom stereocenters. The Balaban J connectivity index is 1.72. The van der Waals surface area contributed by atoms with Crippen LogP contribution in [-0.2, 0) is 4.74 Å². The minimum absolute atomic E-state index is 0.0102. The van der Waals surface area contributed by atoms with Crippen LogP contribution in [0.15, 0.2) is 43.1 Å². The molecule has 3 aromatic rings. The van der Waals surface area contributed by atoms with Gasteiger partial charge in [-0.05, 0) is 19.1 Å². The van der Waals surface area contributed by atoms with E-state index in [1.807, 2.05) is 56.3 Å². The van der Waals surface area contributed by atoms with Crippen molar-refractivity contribution in [3.05, 3.63) is 59.1 Å². The lowest BCUT2D eigenvalue weighted by Crippen LogP contribution is -2.30. The standard InChI is InChI=1S/C23H27N3O3S/c1-5-28-14(2)15-10-12-24-19-20(26(3)4)22(30-21(15)19)23(27)25-17-11-13-29-18-9-7-6-8-16(17)18/h6-10,12,17,23,25,27H,2,5,11,13H2,1,3-4H3/t17-,23?/m0/s1. The number of anilines is 1. The number of aromatic nitrogens is 1. The molecule has 30 heavy (non-hydrogen) atoms. The van der Waals surface area contributed by atoms with Crippen LogP contribution in [-0.4, -0.2) is 37.4 Å². The molecule has 0 bridgehead atoms. The highest BCUT2D eigenvalue weighted by Gasteiger charge is 2.28. The average molecular weight is 426 g/mol. The van der Waals surface area contributed by atoms with Gasteiger partial charge in [-0.25, -0.2) is 0 Å². The largest absolute Gasteiger partial charge is 0.494 e. The molecular formula is C23H27N3O3S.